The third-order valence-electron chi connectivity index (χ3n) is 6.46. The molecule has 0 unspecified atom stereocenters. The topological polar surface area (TPSA) is 68.2 Å². The molecule has 6 nitrogen and oxygen atoms in total. The SMILES string of the molecule is C1CCOC1.CCOc1ccccc1-c1ccc2c(c1)C=C(C(=O)O)CCN2Cc1cccc(OC)c1. The van der Waals surface area contributed by atoms with Gasteiger partial charge in [-0.05, 0) is 79.3 Å². The van der Waals surface area contributed by atoms with Crippen LogP contribution in [0.5, 0.6) is 11.5 Å². The monoisotopic (exact) mass is 501 g/mol. The summed E-state index contributed by atoms with van der Waals surface area (Å²) in [7, 11) is 1.66. The molecule has 3 aromatic carbocycles. The Morgan fingerprint density at radius 2 is 1.84 bits per heavy atom. The molecule has 2 aliphatic rings. The number of fused-ring (bicyclic) bond motifs is 1. The van der Waals surface area contributed by atoms with E-state index < -0.39 is 5.97 Å². The Balaban J connectivity index is 0.000000572. The number of ether oxygens (including phenoxy) is 3. The van der Waals surface area contributed by atoms with Crippen LogP contribution in [0.2, 0.25) is 0 Å². The highest BCUT2D eigenvalue weighted by atomic mass is 16.5. The van der Waals surface area contributed by atoms with Crippen molar-refractivity contribution in [2.45, 2.75) is 32.7 Å². The summed E-state index contributed by atoms with van der Waals surface area (Å²) in [4.78, 5) is 14.1. The summed E-state index contributed by atoms with van der Waals surface area (Å²) in [6.07, 6.45) is 4.83. The number of para-hydroxylation sites is 1. The zero-order chi connectivity index (χ0) is 26.0. The fourth-order valence-corrected chi connectivity index (χ4v) is 4.58. The van der Waals surface area contributed by atoms with Crippen molar-refractivity contribution in [2.75, 3.05) is 38.4 Å². The third kappa shape index (κ3) is 6.92. The predicted octanol–water partition coefficient (Wildman–Crippen LogP) is 6.44. The number of carboxylic acid groups (broad SMARTS) is 1. The largest absolute Gasteiger partial charge is 0.497 e. The zero-order valence-corrected chi connectivity index (χ0v) is 21.6. The fourth-order valence-electron chi connectivity index (χ4n) is 4.58. The van der Waals surface area contributed by atoms with Crippen LogP contribution in [0.4, 0.5) is 5.69 Å². The van der Waals surface area contributed by atoms with Crippen molar-refractivity contribution in [3.8, 4) is 22.6 Å². The van der Waals surface area contributed by atoms with Crippen LogP contribution in [-0.2, 0) is 16.1 Å². The van der Waals surface area contributed by atoms with Crippen molar-refractivity contribution in [3.63, 3.8) is 0 Å². The average molecular weight is 502 g/mol. The first-order valence-electron chi connectivity index (χ1n) is 12.8. The molecule has 0 amide bonds. The van der Waals surface area contributed by atoms with Crippen LogP contribution >= 0.6 is 0 Å². The highest BCUT2D eigenvalue weighted by Crippen LogP contribution is 2.36. The van der Waals surface area contributed by atoms with E-state index in [9.17, 15) is 9.90 Å². The van der Waals surface area contributed by atoms with Crippen LogP contribution < -0.4 is 14.4 Å². The van der Waals surface area contributed by atoms with Crippen molar-refractivity contribution in [1.29, 1.82) is 0 Å². The number of hydrogen-bond donors (Lipinski definition) is 1. The molecule has 0 saturated carbocycles. The number of nitrogens with zero attached hydrogens (tertiary/aromatic N) is 1. The summed E-state index contributed by atoms with van der Waals surface area (Å²) in [5, 5.41) is 9.71. The van der Waals surface area contributed by atoms with E-state index in [1.807, 2.05) is 49.4 Å². The molecule has 37 heavy (non-hydrogen) atoms. The molecule has 5 rings (SSSR count). The van der Waals surface area contributed by atoms with Gasteiger partial charge in [0.1, 0.15) is 11.5 Å². The molecule has 0 aromatic heterocycles. The Bertz CT molecular complexity index is 1220. The van der Waals surface area contributed by atoms with Crippen molar-refractivity contribution in [1.82, 2.24) is 0 Å². The summed E-state index contributed by atoms with van der Waals surface area (Å²) in [6, 6.07) is 22.1. The first-order valence-corrected chi connectivity index (χ1v) is 12.8. The highest BCUT2D eigenvalue weighted by molar-refractivity contribution is 5.94. The summed E-state index contributed by atoms with van der Waals surface area (Å²) >= 11 is 0. The van der Waals surface area contributed by atoms with E-state index in [0.717, 1.165) is 52.7 Å². The van der Waals surface area contributed by atoms with Crippen molar-refractivity contribution in [2.24, 2.45) is 0 Å². The molecule has 3 aromatic rings. The highest BCUT2D eigenvalue weighted by Gasteiger charge is 2.20. The molecule has 0 aliphatic carbocycles. The molecule has 0 atom stereocenters. The second-order valence-corrected chi connectivity index (χ2v) is 9.02. The van der Waals surface area contributed by atoms with Gasteiger partial charge in [0.2, 0.25) is 0 Å². The normalized spacial score (nSPS) is 14.5. The maximum Gasteiger partial charge on any atom is 0.331 e. The molecule has 0 radical (unpaired) electrons. The Kier molecular flexibility index (Phi) is 9.22. The van der Waals surface area contributed by atoms with Crippen LogP contribution in [-0.4, -0.2) is 44.6 Å². The standard InChI is InChI=1S/C27H27NO4.C4H8O/c1-3-32-26-10-5-4-9-24(26)20-11-12-25-22(16-20)17-21(27(29)30)13-14-28(25)18-19-7-6-8-23(15-19)31-2;1-2-4-5-3-1/h4-12,15-17H,3,13-14,18H2,1-2H3,(H,29,30);1-4H2. The molecule has 2 aliphatic heterocycles. The molecule has 1 saturated heterocycles. The molecule has 6 heteroatoms. The van der Waals surface area contributed by atoms with E-state index in [1.165, 1.54) is 12.8 Å². The van der Waals surface area contributed by atoms with Crippen LogP contribution in [0.1, 0.15) is 37.3 Å². The number of methoxy groups -OCH3 is 1. The number of aliphatic carboxylic acids is 1. The molecule has 1 fully saturated rings. The van der Waals surface area contributed by atoms with Gasteiger partial charge in [-0.15, -0.1) is 0 Å². The predicted molar refractivity (Wildman–Crippen MR) is 147 cm³/mol. The summed E-state index contributed by atoms with van der Waals surface area (Å²) in [6.45, 7) is 5.84. The maximum absolute atomic E-state index is 11.8. The lowest BCUT2D eigenvalue weighted by Crippen LogP contribution is -2.24. The number of anilines is 1. The second-order valence-electron chi connectivity index (χ2n) is 9.02. The van der Waals surface area contributed by atoms with Gasteiger partial charge in [-0.1, -0.05) is 36.4 Å². The fraction of sp³-hybridized carbons (Fsp3) is 0.323. The van der Waals surface area contributed by atoms with Crippen molar-refractivity contribution in [3.05, 3.63) is 83.4 Å². The minimum Gasteiger partial charge on any atom is -0.497 e. The molecule has 0 bridgehead atoms. The van der Waals surface area contributed by atoms with Crippen LogP contribution in [0.15, 0.2) is 72.3 Å². The molecular weight excluding hydrogens is 466 g/mol. The number of carbonyl (C=O) groups is 1. The number of rotatable bonds is 7. The summed E-state index contributed by atoms with van der Waals surface area (Å²) < 4.78 is 16.1. The average Bonchev–Trinajstić information content (AvgIpc) is 3.46. The van der Waals surface area contributed by atoms with Gasteiger partial charge in [-0.3, -0.25) is 0 Å². The van der Waals surface area contributed by atoms with Gasteiger partial charge < -0.3 is 24.2 Å². The number of hydrogen-bond acceptors (Lipinski definition) is 5. The van der Waals surface area contributed by atoms with Crippen molar-refractivity contribution < 1.29 is 24.1 Å². The number of benzene rings is 3. The first-order chi connectivity index (χ1) is 18.1. The van der Waals surface area contributed by atoms with Crippen molar-refractivity contribution >= 4 is 17.7 Å². The van der Waals surface area contributed by atoms with E-state index in [1.54, 1.807) is 13.2 Å². The van der Waals surface area contributed by atoms with Crippen LogP contribution in [0, 0.1) is 0 Å². The van der Waals surface area contributed by atoms with Gasteiger partial charge >= 0.3 is 5.97 Å². The van der Waals surface area contributed by atoms with E-state index in [4.69, 9.17) is 14.2 Å². The van der Waals surface area contributed by atoms with Crippen LogP contribution in [0.25, 0.3) is 17.2 Å². The maximum atomic E-state index is 11.8. The Morgan fingerprint density at radius 3 is 2.54 bits per heavy atom. The third-order valence-corrected chi connectivity index (χ3v) is 6.46. The Hall–Kier alpha value is -3.77. The van der Waals surface area contributed by atoms with Crippen LogP contribution in [0.3, 0.4) is 0 Å². The molecule has 194 valence electrons. The summed E-state index contributed by atoms with van der Waals surface area (Å²) in [5.74, 6) is 0.753. The van der Waals surface area contributed by atoms with Gasteiger partial charge in [-0.25, -0.2) is 4.79 Å². The lowest BCUT2D eigenvalue weighted by molar-refractivity contribution is -0.132. The minimum atomic E-state index is -0.876. The van der Waals surface area contributed by atoms with Gasteiger partial charge in [0, 0.05) is 43.1 Å². The first kappa shape index (κ1) is 26.3. The minimum absolute atomic E-state index is 0.412. The van der Waals surface area contributed by atoms with E-state index in [-0.39, 0.29) is 0 Å². The van der Waals surface area contributed by atoms with Gasteiger partial charge in [0.15, 0.2) is 0 Å². The Morgan fingerprint density at radius 1 is 1.03 bits per heavy atom. The smallest absolute Gasteiger partial charge is 0.331 e. The quantitative estimate of drug-likeness (QED) is 0.402. The summed E-state index contributed by atoms with van der Waals surface area (Å²) in [5.41, 5.74) is 5.42. The number of carboxylic acids is 1. The van der Waals surface area contributed by atoms with E-state index >= 15 is 0 Å². The Labute approximate surface area is 219 Å². The second kappa shape index (κ2) is 13.0. The molecule has 2 heterocycles. The zero-order valence-electron chi connectivity index (χ0n) is 21.6. The lowest BCUT2D eigenvalue weighted by Gasteiger charge is -2.26. The van der Waals surface area contributed by atoms with E-state index in [2.05, 4.69) is 29.2 Å². The van der Waals surface area contributed by atoms with E-state index in [0.29, 0.717) is 31.7 Å². The molecule has 1 N–H and O–H groups in total. The van der Waals surface area contributed by atoms with Gasteiger partial charge in [-0.2, -0.15) is 0 Å². The van der Waals surface area contributed by atoms with Gasteiger partial charge in [0.05, 0.1) is 13.7 Å². The van der Waals surface area contributed by atoms with Gasteiger partial charge in [0.25, 0.3) is 0 Å². The molecule has 0 spiro atoms. The lowest BCUT2D eigenvalue weighted by atomic mass is 9.99. The molecular formula is C31H35NO5.